The topological polar surface area (TPSA) is 83.5 Å². The van der Waals surface area contributed by atoms with E-state index in [4.69, 9.17) is 4.98 Å². The highest BCUT2D eigenvalue weighted by molar-refractivity contribution is 7.88. The van der Waals surface area contributed by atoms with Crippen molar-refractivity contribution in [3.05, 3.63) is 53.0 Å². The summed E-state index contributed by atoms with van der Waals surface area (Å²) in [5, 5.41) is 0. The molecule has 0 bridgehead atoms. The second-order valence-electron chi connectivity index (χ2n) is 8.17. The molecule has 4 rings (SSSR count). The number of hydrogen-bond donors (Lipinski definition) is 0. The number of piperidine rings is 1. The zero-order chi connectivity index (χ0) is 21.3. The van der Waals surface area contributed by atoms with Gasteiger partial charge in [-0.15, -0.1) is 0 Å². The molecule has 2 aliphatic heterocycles. The second kappa shape index (κ2) is 8.43. The van der Waals surface area contributed by atoms with Gasteiger partial charge in [0.2, 0.25) is 15.9 Å². The third-order valence-corrected chi connectivity index (χ3v) is 7.25. The summed E-state index contributed by atoms with van der Waals surface area (Å²) in [4.78, 5) is 23.8. The smallest absolute Gasteiger partial charge is 0.232 e. The van der Waals surface area contributed by atoms with Crippen LogP contribution in [0.5, 0.6) is 0 Å². The molecule has 0 saturated carbocycles. The molecular formula is C22H28N4O3S. The van der Waals surface area contributed by atoms with Gasteiger partial charge in [-0.05, 0) is 38.2 Å². The number of hydrogen-bond acceptors (Lipinski definition) is 5. The van der Waals surface area contributed by atoms with E-state index < -0.39 is 10.0 Å². The second-order valence-corrected chi connectivity index (χ2v) is 10.1. The van der Waals surface area contributed by atoms with Crippen molar-refractivity contribution in [2.24, 2.45) is 0 Å². The van der Waals surface area contributed by atoms with Crippen LogP contribution in [0, 0.1) is 6.92 Å². The van der Waals surface area contributed by atoms with Crippen molar-refractivity contribution >= 4 is 21.7 Å². The monoisotopic (exact) mass is 428 g/mol. The zero-order valence-corrected chi connectivity index (χ0v) is 18.4. The molecule has 3 heterocycles. The summed E-state index contributed by atoms with van der Waals surface area (Å²) >= 11 is 0. The van der Waals surface area contributed by atoms with Crippen molar-refractivity contribution in [1.29, 1.82) is 0 Å². The van der Waals surface area contributed by atoms with Crippen molar-refractivity contribution in [2.45, 2.75) is 51.5 Å². The molecule has 160 valence electrons. The lowest BCUT2D eigenvalue weighted by atomic mass is 10.0. The molecule has 30 heavy (non-hydrogen) atoms. The minimum absolute atomic E-state index is 0.0382. The van der Waals surface area contributed by atoms with Crippen LogP contribution in [0.4, 0.5) is 5.82 Å². The molecule has 0 N–H and O–H groups in total. The first-order valence-electron chi connectivity index (χ1n) is 10.5. The molecule has 2 aliphatic rings. The number of carbonyl (C=O) groups excluding carboxylic acids is 1. The highest BCUT2D eigenvalue weighted by Crippen LogP contribution is 2.35. The maximum Gasteiger partial charge on any atom is 0.232 e. The van der Waals surface area contributed by atoms with Crippen LogP contribution in [0.1, 0.15) is 54.4 Å². The molecule has 1 saturated heterocycles. The molecule has 1 aromatic heterocycles. The molecule has 0 spiro atoms. The summed E-state index contributed by atoms with van der Waals surface area (Å²) < 4.78 is 26.1. The predicted molar refractivity (Wildman–Crippen MR) is 116 cm³/mol. The summed E-state index contributed by atoms with van der Waals surface area (Å²) in [6.07, 6.45) is 5.77. The fraction of sp³-hybridized carbons (Fsp3) is 0.500. The first-order chi connectivity index (χ1) is 14.3. The first kappa shape index (κ1) is 20.9. The van der Waals surface area contributed by atoms with Gasteiger partial charge in [0.05, 0.1) is 18.7 Å². The average molecular weight is 429 g/mol. The van der Waals surface area contributed by atoms with Gasteiger partial charge in [0.1, 0.15) is 11.6 Å². The normalized spacial score (nSPS) is 19.9. The Bertz CT molecular complexity index is 1040. The van der Waals surface area contributed by atoms with E-state index in [0.29, 0.717) is 37.6 Å². The first-order valence-corrected chi connectivity index (χ1v) is 12.4. The molecule has 1 aromatic carbocycles. The van der Waals surface area contributed by atoms with Crippen molar-refractivity contribution in [3.8, 4) is 0 Å². The van der Waals surface area contributed by atoms with Crippen molar-refractivity contribution in [1.82, 2.24) is 14.3 Å². The van der Waals surface area contributed by atoms with Gasteiger partial charge in [0.25, 0.3) is 0 Å². The average Bonchev–Trinajstić information content (AvgIpc) is 3.04. The number of nitrogens with zero attached hydrogens (tertiary/aromatic N) is 4. The van der Waals surface area contributed by atoms with Gasteiger partial charge in [-0.1, -0.05) is 36.8 Å². The van der Waals surface area contributed by atoms with Gasteiger partial charge in [-0.3, -0.25) is 9.69 Å². The van der Waals surface area contributed by atoms with E-state index in [1.807, 2.05) is 25.1 Å². The van der Waals surface area contributed by atoms with Gasteiger partial charge in [0.15, 0.2) is 0 Å². The minimum atomic E-state index is -3.35. The summed E-state index contributed by atoms with van der Waals surface area (Å²) in [5.74, 6) is 1.21. The number of aryl methyl sites for hydroxylation is 2. The third-order valence-electron chi connectivity index (χ3n) is 5.96. The number of amides is 1. The molecule has 0 radical (unpaired) electrons. The highest BCUT2D eigenvalue weighted by Gasteiger charge is 2.36. The molecule has 1 amide bonds. The van der Waals surface area contributed by atoms with E-state index in [-0.39, 0.29) is 11.9 Å². The van der Waals surface area contributed by atoms with Crippen molar-refractivity contribution in [2.75, 3.05) is 24.2 Å². The largest absolute Gasteiger partial charge is 0.296 e. The standard InChI is InChI=1S/C22H28N4O3S/c1-16-18-15-20(27)25(13-8-11-17-9-4-3-5-10-17)22(18)24-21(23-16)19-12-6-7-14-26(19)30(2,28)29/h3-5,9-10,19H,6-8,11-15H2,1-2H3/t19-/m0/s1. The Morgan fingerprint density at radius 1 is 1.13 bits per heavy atom. The van der Waals surface area contributed by atoms with Crippen LogP contribution in [0.25, 0.3) is 0 Å². The van der Waals surface area contributed by atoms with Crippen LogP contribution < -0.4 is 4.90 Å². The Balaban J connectivity index is 1.58. The maximum atomic E-state index is 12.7. The third kappa shape index (κ3) is 4.25. The molecule has 2 aromatic rings. The Morgan fingerprint density at radius 3 is 2.63 bits per heavy atom. The number of carbonyl (C=O) groups is 1. The van der Waals surface area contributed by atoms with Crippen molar-refractivity contribution in [3.63, 3.8) is 0 Å². The Labute approximate surface area is 178 Å². The van der Waals surface area contributed by atoms with Gasteiger partial charge < -0.3 is 0 Å². The lowest BCUT2D eigenvalue weighted by Gasteiger charge is -2.33. The number of benzene rings is 1. The van der Waals surface area contributed by atoms with E-state index in [1.165, 1.54) is 16.1 Å². The van der Waals surface area contributed by atoms with E-state index in [2.05, 4.69) is 17.1 Å². The summed E-state index contributed by atoms with van der Waals surface area (Å²) in [6, 6.07) is 9.86. The van der Waals surface area contributed by atoms with Gasteiger partial charge in [0, 0.05) is 24.3 Å². The SMILES string of the molecule is Cc1nc([C@@H]2CCCCN2S(C)(=O)=O)nc2c1CC(=O)N2CCCc1ccccc1. The van der Waals surface area contributed by atoms with Crippen LogP contribution in [0.15, 0.2) is 30.3 Å². The maximum absolute atomic E-state index is 12.7. The van der Waals surface area contributed by atoms with Crippen LogP contribution in [-0.4, -0.2) is 47.9 Å². The minimum Gasteiger partial charge on any atom is -0.296 e. The van der Waals surface area contributed by atoms with Gasteiger partial charge in [-0.2, -0.15) is 4.31 Å². The van der Waals surface area contributed by atoms with Crippen LogP contribution >= 0.6 is 0 Å². The predicted octanol–water partition coefficient (Wildman–Crippen LogP) is 2.79. The lowest BCUT2D eigenvalue weighted by molar-refractivity contribution is -0.117. The Kier molecular flexibility index (Phi) is 5.88. The number of fused-ring (bicyclic) bond motifs is 1. The molecular weight excluding hydrogens is 400 g/mol. The molecule has 1 atom stereocenters. The summed E-state index contributed by atoms with van der Waals surface area (Å²) in [6.45, 7) is 2.97. The highest BCUT2D eigenvalue weighted by atomic mass is 32.2. The molecule has 1 fully saturated rings. The number of sulfonamides is 1. The van der Waals surface area contributed by atoms with E-state index in [1.54, 1.807) is 4.90 Å². The molecule has 8 heteroatoms. The summed E-state index contributed by atoms with van der Waals surface area (Å²) in [7, 11) is -3.35. The van der Waals surface area contributed by atoms with Gasteiger partial charge >= 0.3 is 0 Å². The summed E-state index contributed by atoms with van der Waals surface area (Å²) in [5.41, 5.74) is 2.88. The fourth-order valence-corrected chi connectivity index (χ4v) is 5.55. The van der Waals surface area contributed by atoms with Crippen molar-refractivity contribution < 1.29 is 13.2 Å². The molecule has 7 nitrogen and oxygen atoms in total. The quantitative estimate of drug-likeness (QED) is 0.706. The van der Waals surface area contributed by atoms with E-state index >= 15 is 0 Å². The Hall–Kier alpha value is -2.32. The number of aromatic nitrogens is 2. The molecule has 0 aliphatic carbocycles. The zero-order valence-electron chi connectivity index (χ0n) is 17.5. The lowest BCUT2D eigenvalue weighted by Crippen LogP contribution is -2.39. The number of rotatable bonds is 6. The van der Waals surface area contributed by atoms with E-state index in [0.717, 1.165) is 36.9 Å². The molecule has 0 unspecified atom stereocenters. The number of anilines is 1. The van der Waals surface area contributed by atoms with E-state index in [9.17, 15) is 13.2 Å². The van der Waals surface area contributed by atoms with Crippen LogP contribution in [0.3, 0.4) is 0 Å². The fourth-order valence-electron chi connectivity index (χ4n) is 4.42. The van der Waals surface area contributed by atoms with Gasteiger partial charge in [-0.25, -0.2) is 18.4 Å². The van der Waals surface area contributed by atoms with Crippen LogP contribution in [-0.2, 0) is 27.7 Å². The van der Waals surface area contributed by atoms with Crippen LogP contribution in [0.2, 0.25) is 0 Å². The Morgan fingerprint density at radius 2 is 1.90 bits per heavy atom.